The fraction of sp³-hybridized carbons (Fsp3) is 0. The molecule has 0 spiro atoms. The second-order valence-corrected chi connectivity index (χ2v) is 3.62. The van der Waals surface area contributed by atoms with E-state index in [0.29, 0.717) is 11.2 Å². The molecule has 84 valence electrons. The smallest absolute Gasteiger partial charge is 0.346 e. The molecule has 0 bridgehead atoms. The van der Waals surface area contributed by atoms with Gasteiger partial charge in [0.15, 0.2) is 0 Å². The zero-order valence-electron chi connectivity index (χ0n) is 8.54. The molecular weight excluding hydrogens is 222 g/mol. The second-order valence-electron chi connectivity index (χ2n) is 3.62. The van der Waals surface area contributed by atoms with Gasteiger partial charge in [-0.1, -0.05) is 0 Å². The van der Waals surface area contributed by atoms with Gasteiger partial charge in [0.05, 0.1) is 11.1 Å². The highest BCUT2D eigenvalue weighted by molar-refractivity contribution is 5.97. The first kappa shape index (κ1) is 9.59. The summed E-state index contributed by atoms with van der Waals surface area (Å²) in [5, 5.41) is 9.74. The van der Waals surface area contributed by atoms with Crippen molar-refractivity contribution in [3.05, 3.63) is 46.6 Å². The maximum absolute atomic E-state index is 11.2. The van der Waals surface area contributed by atoms with E-state index in [2.05, 4.69) is 9.97 Å². The van der Waals surface area contributed by atoms with Crippen molar-refractivity contribution in [3.63, 3.8) is 0 Å². The van der Waals surface area contributed by atoms with Crippen LogP contribution in [0.3, 0.4) is 0 Å². The van der Waals surface area contributed by atoms with Crippen LogP contribution in [0, 0.1) is 0 Å². The summed E-state index contributed by atoms with van der Waals surface area (Å²) in [5.74, 6) is -0.997. The fourth-order valence-electron chi connectivity index (χ4n) is 1.88. The van der Waals surface area contributed by atoms with E-state index in [-0.39, 0.29) is 5.56 Å². The number of nitrogens with zero attached hydrogens (tertiary/aromatic N) is 2. The maximum Gasteiger partial charge on any atom is 0.346 e. The van der Waals surface area contributed by atoms with Crippen molar-refractivity contribution in [1.82, 2.24) is 14.4 Å². The molecule has 0 aliphatic rings. The molecule has 0 atom stereocenters. The highest BCUT2D eigenvalue weighted by Crippen LogP contribution is 2.18. The van der Waals surface area contributed by atoms with E-state index >= 15 is 0 Å². The molecule has 0 radical (unpaired) electrons. The molecule has 2 N–H and O–H groups in total. The molecular formula is C11H7N3O3. The van der Waals surface area contributed by atoms with Gasteiger partial charge in [0.2, 0.25) is 0 Å². The first-order valence-corrected chi connectivity index (χ1v) is 4.89. The number of carboxylic acid groups (broad SMARTS) is 1. The first-order valence-electron chi connectivity index (χ1n) is 4.89. The SMILES string of the molecule is O=C(O)c1ccn2c1ccc1cnc(=O)[nH]c12. The summed E-state index contributed by atoms with van der Waals surface area (Å²) >= 11 is 0. The molecule has 0 saturated carbocycles. The van der Waals surface area contributed by atoms with Crippen LogP contribution in [0.15, 0.2) is 35.4 Å². The number of carboxylic acids is 1. The molecule has 3 aromatic rings. The summed E-state index contributed by atoms with van der Waals surface area (Å²) in [6.45, 7) is 0. The number of fused-ring (bicyclic) bond motifs is 3. The molecule has 17 heavy (non-hydrogen) atoms. The number of hydrogen-bond donors (Lipinski definition) is 2. The number of carbonyl (C=O) groups is 1. The molecule has 3 rings (SSSR count). The van der Waals surface area contributed by atoms with Crippen molar-refractivity contribution in [2.75, 3.05) is 0 Å². The summed E-state index contributed by atoms with van der Waals surface area (Å²) in [6, 6.07) is 4.90. The summed E-state index contributed by atoms with van der Waals surface area (Å²) < 4.78 is 1.63. The molecule has 0 fully saturated rings. The van der Waals surface area contributed by atoms with Crippen molar-refractivity contribution in [2.45, 2.75) is 0 Å². The summed E-state index contributed by atoms with van der Waals surface area (Å²) in [5.41, 5.74) is 0.807. The van der Waals surface area contributed by atoms with Crippen LogP contribution in [-0.4, -0.2) is 25.4 Å². The number of aromatic nitrogens is 3. The number of H-pyrrole nitrogens is 1. The highest BCUT2D eigenvalue weighted by Gasteiger charge is 2.11. The third kappa shape index (κ3) is 1.31. The quantitative estimate of drug-likeness (QED) is 0.648. The minimum absolute atomic E-state index is 0.199. The lowest BCUT2D eigenvalue weighted by atomic mass is 10.2. The maximum atomic E-state index is 11.2. The zero-order valence-corrected chi connectivity index (χ0v) is 8.54. The Hall–Kier alpha value is -2.63. The predicted octanol–water partition coefficient (Wildman–Crippen LogP) is 0.874. The summed E-state index contributed by atoms with van der Waals surface area (Å²) in [7, 11) is 0. The Bertz CT molecular complexity index is 800. The molecule has 3 aromatic heterocycles. The van der Waals surface area contributed by atoms with E-state index < -0.39 is 11.7 Å². The Morgan fingerprint density at radius 3 is 2.94 bits per heavy atom. The van der Waals surface area contributed by atoms with Crippen LogP contribution >= 0.6 is 0 Å². The largest absolute Gasteiger partial charge is 0.478 e. The van der Waals surface area contributed by atoms with Crippen LogP contribution in [-0.2, 0) is 0 Å². The van der Waals surface area contributed by atoms with Crippen molar-refractivity contribution in [1.29, 1.82) is 0 Å². The van der Waals surface area contributed by atoms with Gasteiger partial charge in [-0.15, -0.1) is 0 Å². The summed E-state index contributed by atoms with van der Waals surface area (Å²) in [6.07, 6.45) is 3.06. The standard InChI is InChI=1S/C11H7N3O3/c15-10(16)7-3-4-14-8(7)2-1-6-5-12-11(17)13-9(6)14/h1-5H,(H,15,16)(H,12,13,17). The van der Waals surface area contributed by atoms with E-state index in [9.17, 15) is 9.59 Å². The van der Waals surface area contributed by atoms with E-state index in [4.69, 9.17) is 5.11 Å². The van der Waals surface area contributed by atoms with Crippen LogP contribution in [0.25, 0.3) is 16.6 Å². The fourth-order valence-corrected chi connectivity index (χ4v) is 1.88. The van der Waals surface area contributed by atoms with E-state index in [1.54, 1.807) is 22.7 Å². The third-order valence-electron chi connectivity index (χ3n) is 2.64. The Morgan fingerprint density at radius 2 is 2.18 bits per heavy atom. The average Bonchev–Trinajstić information content (AvgIpc) is 2.72. The van der Waals surface area contributed by atoms with E-state index in [0.717, 1.165) is 5.39 Å². The van der Waals surface area contributed by atoms with Gasteiger partial charge in [-0.25, -0.2) is 14.6 Å². The van der Waals surface area contributed by atoms with Crippen LogP contribution in [0.5, 0.6) is 0 Å². The van der Waals surface area contributed by atoms with Crippen molar-refractivity contribution >= 4 is 22.5 Å². The highest BCUT2D eigenvalue weighted by atomic mass is 16.4. The molecule has 3 heterocycles. The average molecular weight is 229 g/mol. The Labute approximate surface area is 94.2 Å². The zero-order chi connectivity index (χ0) is 12.0. The lowest BCUT2D eigenvalue weighted by molar-refractivity contribution is 0.0699. The van der Waals surface area contributed by atoms with Crippen LogP contribution < -0.4 is 5.69 Å². The van der Waals surface area contributed by atoms with Crippen molar-refractivity contribution < 1.29 is 9.90 Å². The number of pyridine rings is 1. The van der Waals surface area contributed by atoms with Crippen molar-refractivity contribution in [3.8, 4) is 0 Å². The molecule has 0 amide bonds. The van der Waals surface area contributed by atoms with Crippen LogP contribution in [0.4, 0.5) is 0 Å². The molecule has 0 unspecified atom stereocenters. The molecule has 6 nitrogen and oxygen atoms in total. The Kier molecular flexibility index (Phi) is 1.79. The number of hydrogen-bond acceptors (Lipinski definition) is 3. The Balaban J connectivity index is 2.52. The van der Waals surface area contributed by atoms with Gasteiger partial charge in [-0.3, -0.25) is 4.98 Å². The first-order chi connectivity index (χ1) is 8.16. The van der Waals surface area contributed by atoms with Gasteiger partial charge in [0.1, 0.15) is 5.65 Å². The van der Waals surface area contributed by atoms with Gasteiger partial charge in [0.25, 0.3) is 0 Å². The monoisotopic (exact) mass is 229 g/mol. The summed E-state index contributed by atoms with van der Waals surface area (Å²) in [4.78, 5) is 28.4. The Morgan fingerprint density at radius 1 is 1.35 bits per heavy atom. The minimum atomic E-state index is -0.997. The van der Waals surface area contributed by atoms with Gasteiger partial charge >= 0.3 is 11.7 Å². The lowest BCUT2D eigenvalue weighted by Crippen LogP contribution is -2.10. The molecule has 0 saturated heterocycles. The second kappa shape index (κ2) is 3.18. The van der Waals surface area contributed by atoms with Gasteiger partial charge in [-0.2, -0.15) is 0 Å². The number of aromatic amines is 1. The molecule has 0 aliphatic carbocycles. The number of rotatable bonds is 1. The van der Waals surface area contributed by atoms with E-state index in [1.807, 2.05) is 0 Å². The molecule has 0 aliphatic heterocycles. The minimum Gasteiger partial charge on any atom is -0.478 e. The molecule has 6 heteroatoms. The predicted molar refractivity (Wildman–Crippen MR) is 60.3 cm³/mol. The van der Waals surface area contributed by atoms with Gasteiger partial charge in [0, 0.05) is 17.8 Å². The van der Waals surface area contributed by atoms with Crippen LogP contribution in [0.1, 0.15) is 10.4 Å². The molecule has 0 aromatic carbocycles. The normalized spacial score (nSPS) is 11.1. The van der Waals surface area contributed by atoms with Gasteiger partial charge < -0.3 is 9.51 Å². The third-order valence-corrected chi connectivity index (χ3v) is 2.64. The van der Waals surface area contributed by atoms with Gasteiger partial charge in [-0.05, 0) is 18.2 Å². The van der Waals surface area contributed by atoms with Crippen LogP contribution in [0.2, 0.25) is 0 Å². The topological polar surface area (TPSA) is 87.5 Å². The number of nitrogens with one attached hydrogen (secondary N) is 1. The van der Waals surface area contributed by atoms with E-state index in [1.165, 1.54) is 12.3 Å². The number of aromatic carboxylic acids is 1. The van der Waals surface area contributed by atoms with Crippen molar-refractivity contribution in [2.24, 2.45) is 0 Å². The lowest BCUT2D eigenvalue weighted by Gasteiger charge is -2.01.